The van der Waals surface area contributed by atoms with Gasteiger partial charge in [-0.25, -0.2) is 0 Å². The lowest BCUT2D eigenvalue weighted by atomic mass is 10.2. The summed E-state index contributed by atoms with van der Waals surface area (Å²) in [5, 5.41) is 2.88. The molecule has 0 fully saturated rings. The third-order valence-electron chi connectivity index (χ3n) is 2.52. The number of hydrogen-bond donors (Lipinski definition) is 1. The molecule has 0 bridgehead atoms. The SMILES string of the molecule is CNCC(=O)N1CCc2ccccc21. The molecule has 1 amide bonds. The zero-order chi connectivity index (χ0) is 9.97. The minimum Gasteiger partial charge on any atom is -0.311 e. The quantitative estimate of drug-likeness (QED) is 0.748. The number of hydrogen-bond acceptors (Lipinski definition) is 2. The van der Waals surface area contributed by atoms with Crippen molar-refractivity contribution in [2.75, 3.05) is 25.0 Å². The summed E-state index contributed by atoms with van der Waals surface area (Å²) in [5.41, 5.74) is 2.35. The number of carbonyl (C=O) groups excluding carboxylic acids is 1. The molecular weight excluding hydrogens is 176 g/mol. The molecule has 2 rings (SSSR count). The normalized spacial score (nSPS) is 14.2. The first-order valence-electron chi connectivity index (χ1n) is 4.86. The highest BCUT2D eigenvalue weighted by Crippen LogP contribution is 2.26. The average Bonchev–Trinajstić information content (AvgIpc) is 2.61. The molecule has 3 heteroatoms. The first-order chi connectivity index (χ1) is 6.83. The molecule has 1 heterocycles. The lowest BCUT2D eigenvalue weighted by Crippen LogP contribution is -2.35. The summed E-state index contributed by atoms with van der Waals surface area (Å²) in [6.45, 7) is 1.23. The first kappa shape index (κ1) is 9.21. The van der Waals surface area contributed by atoms with Crippen molar-refractivity contribution in [3.05, 3.63) is 29.8 Å². The molecule has 0 atom stereocenters. The van der Waals surface area contributed by atoms with Crippen LogP contribution < -0.4 is 10.2 Å². The van der Waals surface area contributed by atoms with Gasteiger partial charge in [0, 0.05) is 12.2 Å². The van der Waals surface area contributed by atoms with Crippen molar-refractivity contribution in [1.29, 1.82) is 0 Å². The number of anilines is 1. The average molecular weight is 190 g/mol. The lowest BCUT2D eigenvalue weighted by molar-refractivity contribution is -0.117. The topological polar surface area (TPSA) is 32.3 Å². The van der Waals surface area contributed by atoms with Crippen LogP contribution in [-0.4, -0.2) is 26.0 Å². The fraction of sp³-hybridized carbons (Fsp3) is 0.364. The molecule has 0 saturated heterocycles. The van der Waals surface area contributed by atoms with E-state index in [0.29, 0.717) is 6.54 Å². The summed E-state index contributed by atoms with van der Waals surface area (Å²) >= 11 is 0. The van der Waals surface area contributed by atoms with Gasteiger partial charge in [-0.2, -0.15) is 0 Å². The van der Waals surface area contributed by atoms with Crippen molar-refractivity contribution in [3.63, 3.8) is 0 Å². The third kappa shape index (κ3) is 1.51. The highest BCUT2D eigenvalue weighted by molar-refractivity contribution is 5.96. The third-order valence-corrected chi connectivity index (χ3v) is 2.52. The van der Waals surface area contributed by atoms with Crippen LogP contribution in [0, 0.1) is 0 Å². The number of fused-ring (bicyclic) bond motifs is 1. The van der Waals surface area contributed by atoms with Crippen molar-refractivity contribution in [2.24, 2.45) is 0 Å². The number of nitrogens with zero attached hydrogens (tertiary/aromatic N) is 1. The molecule has 0 radical (unpaired) electrons. The standard InChI is InChI=1S/C11H14N2O/c1-12-8-11(14)13-7-6-9-4-2-3-5-10(9)13/h2-5,12H,6-8H2,1H3. The number of amides is 1. The molecule has 3 nitrogen and oxygen atoms in total. The molecule has 1 aromatic carbocycles. The number of benzene rings is 1. The molecule has 1 aliphatic heterocycles. The second-order valence-electron chi connectivity index (χ2n) is 3.45. The van der Waals surface area contributed by atoms with Crippen LogP contribution in [0.1, 0.15) is 5.56 Å². The van der Waals surface area contributed by atoms with E-state index in [2.05, 4.69) is 11.4 Å². The van der Waals surface area contributed by atoms with Gasteiger partial charge in [0.15, 0.2) is 0 Å². The van der Waals surface area contributed by atoms with Crippen LogP contribution >= 0.6 is 0 Å². The predicted molar refractivity (Wildman–Crippen MR) is 56.4 cm³/mol. The van der Waals surface area contributed by atoms with E-state index in [9.17, 15) is 4.79 Å². The van der Waals surface area contributed by atoms with Crippen molar-refractivity contribution >= 4 is 11.6 Å². The molecule has 1 aromatic rings. The minimum atomic E-state index is 0.150. The zero-order valence-corrected chi connectivity index (χ0v) is 8.29. The van der Waals surface area contributed by atoms with Crippen LogP contribution in [0.15, 0.2) is 24.3 Å². The Labute approximate surface area is 83.7 Å². The van der Waals surface area contributed by atoms with Gasteiger partial charge in [0.05, 0.1) is 6.54 Å². The lowest BCUT2D eigenvalue weighted by Gasteiger charge is -2.16. The molecular formula is C11H14N2O. The molecule has 74 valence electrons. The number of carbonyl (C=O) groups is 1. The Morgan fingerprint density at radius 3 is 3.07 bits per heavy atom. The largest absolute Gasteiger partial charge is 0.311 e. The van der Waals surface area contributed by atoms with Crippen LogP contribution in [0.3, 0.4) is 0 Å². The van der Waals surface area contributed by atoms with E-state index in [1.807, 2.05) is 23.1 Å². The Hall–Kier alpha value is -1.35. The summed E-state index contributed by atoms with van der Waals surface area (Å²) < 4.78 is 0. The minimum absolute atomic E-state index is 0.150. The Kier molecular flexibility index (Phi) is 2.50. The molecule has 0 spiro atoms. The fourth-order valence-corrected chi connectivity index (χ4v) is 1.84. The Balaban J connectivity index is 2.21. The van der Waals surface area contributed by atoms with Crippen LogP contribution in [0.2, 0.25) is 0 Å². The summed E-state index contributed by atoms with van der Waals surface area (Å²) in [5.74, 6) is 0.150. The van der Waals surface area contributed by atoms with E-state index in [0.717, 1.165) is 18.7 Å². The van der Waals surface area contributed by atoms with Crippen LogP contribution in [0.5, 0.6) is 0 Å². The number of para-hydroxylation sites is 1. The Bertz CT molecular complexity index is 349. The molecule has 1 N–H and O–H groups in total. The van der Waals surface area contributed by atoms with Gasteiger partial charge in [-0.3, -0.25) is 4.79 Å². The van der Waals surface area contributed by atoms with Gasteiger partial charge in [0.25, 0.3) is 0 Å². The van der Waals surface area contributed by atoms with Crippen LogP contribution in [0.4, 0.5) is 5.69 Å². The second kappa shape index (κ2) is 3.80. The van der Waals surface area contributed by atoms with E-state index < -0.39 is 0 Å². The van der Waals surface area contributed by atoms with Crippen LogP contribution in [0.25, 0.3) is 0 Å². The molecule has 0 unspecified atom stereocenters. The maximum absolute atomic E-state index is 11.7. The van der Waals surface area contributed by atoms with Crippen LogP contribution in [-0.2, 0) is 11.2 Å². The van der Waals surface area contributed by atoms with E-state index in [-0.39, 0.29) is 5.91 Å². The van der Waals surface area contributed by atoms with Crippen molar-refractivity contribution in [2.45, 2.75) is 6.42 Å². The highest BCUT2D eigenvalue weighted by Gasteiger charge is 2.22. The number of likely N-dealkylation sites (N-methyl/N-ethyl adjacent to an activating group) is 1. The second-order valence-corrected chi connectivity index (χ2v) is 3.45. The van der Waals surface area contributed by atoms with Gasteiger partial charge >= 0.3 is 0 Å². The smallest absolute Gasteiger partial charge is 0.240 e. The predicted octanol–water partition coefficient (Wildman–Crippen LogP) is 0.795. The van der Waals surface area contributed by atoms with Crippen molar-refractivity contribution < 1.29 is 4.79 Å². The van der Waals surface area contributed by atoms with Gasteiger partial charge in [-0.15, -0.1) is 0 Å². The van der Waals surface area contributed by atoms with Gasteiger partial charge in [-0.1, -0.05) is 18.2 Å². The van der Waals surface area contributed by atoms with Gasteiger partial charge < -0.3 is 10.2 Å². The first-order valence-corrected chi connectivity index (χ1v) is 4.86. The van der Waals surface area contributed by atoms with Gasteiger partial charge in [0.1, 0.15) is 0 Å². The van der Waals surface area contributed by atoms with E-state index in [1.165, 1.54) is 5.56 Å². The molecule has 1 aliphatic rings. The number of nitrogens with one attached hydrogen (secondary N) is 1. The van der Waals surface area contributed by atoms with Crippen molar-refractivity contribution in [1.82, 2.24) is 5.32 Å². The maximum Gasteiger partial charge on any atom is 0.240 e. The molecule has 0 aromatic heterocycles. The summed E-state index contributed by atoms with van der Waals surface area (Å²) in [6, 6.07) is 8.09. The Morgan fingerprint density at radius 1 is 1.50 bits per heavy atom. The number of rotatable bonds is 2. The summed E-state index contributed by atoms with van der Waals surface area (Å²) in [6.07, 6.45) is 0.978. The van der Waals surface area contributed by atoms with Crippen molar-refractivity contribution in [3.8, 4) is 0 Å². The molecule has 0 aliphatic carbocycles. The summed E-state index contributed by atoms with van der Waals surface area (Å²) in [4.78, 5) is 13.5. The van der Waals surface area contributed by atoms with E-state index in [1.54, 1.807) is 7.05 Å². The summed E-state index contributed by atoms with van der Waals surface area (Å²) in [7, 11) is 1.79. The molecule has 0 saturated carbocycles. The zero-order valence-electron chi connectivity index (χ0n) is 8.29. The van der Waals surface area contributed by atoms with E-state index in [4.69, 9.17) is 0 Å². The molecule has 14 heavy (non-hydrogen) atoms. The Morgan fingerprint density at radius 2 is 2.29 bits per heavy atom. The highest BCUT2D eigenvalue weighted by atomic mass is 16.2. The monoisotopic (exact) mass is 190 g/mol. The maximum atomic E-state index is 11.7. The van der Waals surface area contributed by atoms with Gasteiger partial charge in [-0.05, 0) is 25.1 Å². The fourth-order valence-electron chi connectivity index (χ4n) is 1.84. The van der Waals surface area contributed by atoms with Gasteiger partial charge in [0.2, 0.25) is 5.91 Å². The van der Waals surface area contributed by atoms with E-state index >= 15 is 0 Å².